The monoisotopic (exact) mass is 243 g/mol. The zero-order valence-electron chi connectivity index (χ0n) is 10.4. The minimum Gasteiger partial charge on any atom is -0.464 e. The van der Waals surface area contributed by atoms with Crippen LogP contribution in [0.25, 0.3) is 0 Å². The Labute approximate surface area is 99.9 Å². The van der Waals surface area contributed by atoms with Gasteiger partial charge in [0.25, 0.3) is 0 Å². The summed E-state index contributed by atoms with van der Waals surface area (Å²) < 4.78 is 15.6. The highest BCUT2D eigenvalue weighted by Crippen LogP contribution is 2.27. The molecule has 17 heavy (non-hydrogen) atoms. The van der Waals surface area contributed by atoms with Gasteiger partial charge in [0.1, 0.15) is 11.8 Å². The maximum absolute atomic E-state index is 11.5. The van der Waals surface area contributed by atoms with Crippen LogP contribution in [0.1, 0.15) is 20.8 Å². The van der Waals surface area contributed by atoms with E-state index in [9.17, 15) is 9.59 Å². The van der Waals surface area contributed by atoms with E-state index in [1.54, 1.807) is 20.8 Å². The molecule has 0 unspecified atom stereocenters. The van der Waals surface area contributed by atoms with Crippen molar-refractivity contribution in [1.29, 1.82) is 0 Å². The summed E-state index contributed by atoms with van der Waals surface area (Å²) in [6.07, 6.45) is 0.0584. The predicted molar refractivity (Wildman–Crippen MR) is 58.8 cm³/mol. The van der Waals surface area contributed by atoms with Crippen molar-refractivity contribution in [3.05, 3.63) is 11.3 Å². The van der Waals surface area contributed by atoms with Crippen LogP contribution in [0.3, 0.4) is 0 Å². The molecule has 0 spiro atoms. The van der Waals surface area contributed by atoms with Crippen molar-refractivity contribution in [3.8, 4) is 0 Å². The van der Waals surface area contributed by atoms with E-state index >= 15 is 0 Å². The normalized spacial score (nSPS) is 23.9. The van der Waals surface area contributed by atoms with E-state index in [2.05, 4.69) is 10.1 Å². The van der Waals surface area contributed by atoms with Crippen molar-refractivity contribution in [2.24, 2.45) is 0 Å². The number of hydrogen-bond acceptors (Lipinski definition) is 5. The molecular formula is C11H17NO5. The topological polar surface area (TPSA) is 73.9 Å². The molecule has 0 aromatic rings. The van der Waals surface area contributed by atoms with Gasteiger partial charge in [0.05, 0.1) is 13.7 Å². The third-order valence-electron chi connectivity index (χ3n) is 2.48. The minimum absolute atomic E-state index is 0.0915. The van der Waals surface area contributed by atoms with E-state index in [1.807, 2.05) is 0 Å². The van der Waals surface area contributed by atoms with E-state index in [0.29, 0.717) is 18.6 Å². The van der Waals surface area contributed by atoms with E-state index in [4.69, 9.17) is 9.47 Å². The van der Waals surface area contributed by atoms with Crippen molar-refractivity contribution in [2.75, 3.05) is 13.7 Å². The second-order valence-electron chi connectivity index (χ2n) is 4.13. The highest BCUT2D eigenvalue weighted by Gasteiger charge is 2.35. The minimum atomic E-state index is -0.686. The van der Waals surface area contributed by atoms with E-state index in [0.717, 1.165) is 0 Å². The van der Waals surface area contributed by atoms with Gasteiger partial charge in [-0.2, -0.15) is 0 Å². The Morgan fingerprint density at radius 3 is 2.59 bits per heavy atom. The van der Waals surface area contributed by atoms with Crippen LogP contribution in [0.5, 0.6) is 0 Å². The van der Waals surface area contributed by atoms with E-state index in [-0.39, 0.29) is 11.8 Å². The molecule has 0 saturated carbocycles. The zero-order valence-corrected chi connectivity index (χ0v) is 10.4. The van der Waals surface area contributed by atoms with Crippen molar-refractivity contribution >= 4 is 12.4 Å². The van der Waals surface area contributed by atoms with E-state index in [1.165, 1.54) is 7.11 Å². The SMILES string of the molecule is COC(=O)/C(NC=O)=C(\C)[C@H]1COC(C)(C)O1. The van der Waals surface area contributed by atoms with Gasteiger partial charge in [-0.3, -0.25) is 4.79 Å². The second-order valence-corrected chi connectivity index (χ2v) is 4.13. The van der Waals surface area contributed by atoms with Crippen LogP contribution in [0.4, 0.5) is 0 Å². The van der Waals surface area contributed by atoms with Gasteiger partial charge in [-0.1, -0.05) is 0 Å². The van der Waals surface area contributed by atoms with Crippen molar-refractivity contribution < 1.29 is 23.8 Å². The molecular weight excluding hydrogens is 226 g/mol. The molecule has 0 radical (unpaired) electrons. The standard InChI is InChI=1S/C11H17NO5/c1-7(8-5-16-11(2,3)17-8)9(12-6-13)10(14)15-4/h6,8H,5H2,1-4H3,(H,12,13)/b9-7-/t8-/m1/s1. The summed E-state index contributed by atoms with van der Waals surface area (Å²) in [6.45, 7) is 5.59. The third-order valence-corrected chi connectivity index (χ3v) is 2.48. The molecule has 1 aliphatic rings. The van der Waals surface area contributed by atoms with Gasteiger partial charge in [0.2, 0.25) is 6.41 Å². The number of esters is 1. The summed E-state index contributed by atoms with van der Waals surface area (Å²) in [6, 6.07) is 0. The molecule has 1 aliphatic heterocycles. The lowest BCUT2D eigenvalue weighted by Crippen LogP contribution is -2.27. The number of carbonyl (C=O) groups excluding carboxylic acids is 2. The first-order valence-electron chi connectivity index (χ1n) is 5.22. The smallest absolute Gasteiger partial charge is 0.354 e. The van der Waals surface area contributed by atoms with Crippen LogP contribution in [0.15, 0.2) is 11.3 Å². The number of methoxy groups -OCH3 is 1. The molecule has 1 amide bonds. The summed E-state index contributed by atoms with van der Waals surface area (Å²) in [5, 5.41) is 2.33. The Balaban J connectivity index is 2.92. The highest BCUT2D eigenvalue weighted by atomic mass is 16.7. The van der Waals surface area contributed by atoms with Gasteiger partial charge in [-0.25, -0.2) is 4.79 Å². The number of ether oxygens (including phenoxy) is 3. The van der Waals surface area contributed by atoms with Gasteiger partial charge in [-0.15, -0.1) is 0 Å². The lowest BCUT2D eigenvalue weighted by Gasteiger charge is -2.18. The third kappa shape index (κ3) is 3.28. The fourth-order valence-electron chi connectivity index (χ4n) is 1.56. The lowest BCUT2D eigenvalue weighted by molar-refractivity contribution is -0.139. The fourth-order valence-corrected chi connectivity index (χ4v) is 1.56. The van der Waals surface area contributed by atoms with Gasteiger partial charge >= 0.3 is 5.97 Å². The van der Waals surface area contributed by atoms with Crippen molar-refractivity contribution in [3.63, 3.8) is 0 Å². The van der Waals surface area contributed by atoms with Crippen LogP contribution in [-0.2, 0) is 23.8 Å². The van der Waals surface area contributed by atoms with Crippen LogP contribution < -0.4 is 5.32 Å². The molecule has 0 aromatic carbocycles. The molecule has 0 bridgehead atoms. The summed E-state index contributed by atoms with van der Waals surface area (Å²) >= 11 is 0. The fraction of sp³-hybridized carbons (Fsp3) is 0.636. The largest absolute Gasteiger partial charge is 0.464 e. The maximum Gasteiger partial charge on any atom is 0.354 e. The van der Waals surface area contributed by atoms with Crippen LogP contribution in [-0.4, -0.2) is 38.0 Å². The van der Waals surface area contributed by atoms with Crippen LogP contribution >= 0.6 is 0 Å². The molecule has 96 valence electrons. The first-order valence-corrected chi connectivity index (χ1v) is 5.22. The molecule has 1 saturated heterocycles. The molecule has 1 heterocycles. The molecule has 6 heteroatoms. The van der Waals surface area contributed by atoms with E-state index < -0.39 is 11.8 Å². The van der Waals surface area contributed by atoms with Crippen LogP contribution in [0.2, 0.25) is 0 Å². The Bertz CT molecular complexity index is 348. The first kappa shape index (κ1) is 13.7. The molecule has 1 atom stereocenters. The van der Waals surface area contributed by atoms with Crippen molar-refractivity contribution in [2.45, 2.75) is 32.7 Å². The lowest BCUT2D eigenvalue weighted by atomic mass is 10.1. The number of carbonyl (C=O) groups is 2. The Morgan fingerprint density at radius 1 is 1.53 bits per heavy atom. The number of hydrogen-bond donors (Lipinski definition) is 1. The number of rotatable bonds is 4. The Morgan fingerprint density at radius 2 is 2.18 bits per heavy atom. The summed E-state index contributed by atoms with van der Waals surface area (Å²) in [7, 11) is 1.25. The summed E-state index contributed by atoms with van der Waals surface area (Å²) in [4.78, 5) is 21.9. The summed E-state index contributed by atoms with van der Waals surface area (Å²) in [5.41, 5.74) is 0.670. The van der Waals surface area contributed by atoms with Crippen LogP contribution in [0, 0.1) is 0 Å². The quantitative estimate of drug-likeness (QED) is 0.437. The Hall–Kier alpha value is -1.40. The van der Waals surface area contributed by atoms with Gasteiger partial charge in [-0.05, 0) is 26.3 Å². The summed E-state index contributed by atoms with van der Waals surface area (Å²) in [5.74, 6) is -1.29. The van der Waals surface area contributed by atoms with Gasteiger partial charge in [0.15, 0.2) is 5.79 Å². The molecule has 0 aromatic heterocycles. The average Bonchev–Trinajstić information content (AvgIpc) is 2.64. The zero-order chi connectivity index (χ0) is 13.1. The number of nitrogens with one attached hydrogen (secondary N) is 1. The average molecular weight is 243 g/mol. The van der Waals surface area contributed by atoms with Gasteiger partial charge in [0, 0.05) is 0 Å². The predicted octanol–water partition coefficient (Wildman–Crippen LogP) is 0.331. The first-order chi connectivity index (χ1) is 7.91. The van der Waals surface area contributed by atoms with Crippen molar-refractivity contribution in [1.82, 2.24) is 5.32 Å². The maximum atomic E-state index is 11.5. The Kier molecular flexibility index (Phi) is 4.25. The highest BCUT2D eigenvalue weighted by molar-refractivity contribution is 5.91. The molecule has 6 nitrogen and oxygen atoms in total. The van der Waals surface area contributed by atoms with Gasteiger partial charge < -0.3 is 19.5 Å². The molecule has 0 aliphatic carbocycles. The number of amides is 1. The molecule has 1 N–H and O–H groups in total. The second kappa shape index (κ2) is 5.29. The molecule has 1 rings (SSSR count). The molecule has 1 fully saturated rings.